The van der Waals surface area contributed by atoms with Gasteiger partial charge in [-0.1, -0.05) is 6.08 Å². The van der Waals surface area contributed by atoms with Crippen LogP contribution in [-0.2, 0) is 0 Å². The zero-order valence-corrected chi connectivity index (χ0v) is 9.68. The van der Waals surface area contributed by atoms with Gasteiger partial charge < -0.3 is 10.0 Å². The molecular weight excluding hydrogens is 216 g/mol. The Hall–Kier alpha value is -2.28. The van der Waals surface area contributed by atoms with Crippen molar-refractivity contribution in [3.63, 3.8) is 0 Å². The highest BCUT2D eigenvalue weighted by Crippen LogP contribution is 2.21. The van der Waals surface area contributed by atoms with Crippen LogP contribution < -0.4 is 4.90 Å². The van der Waals surface area contributed by atoms with Crippen LogP contribution in [0.5, 0.6) is 0 Å². The van der Waals surface area contributed by atoms with Crippen LogP contribution in [0.1, 0.15) is 22.8 Å². The molecule has 0 radical (unpaired) electrons. The fraction of sp³-hybridized carbons (Fsp3) is 0.231. The molecule has 1 N–H and O–H groups in total. The van der Waals surface area contributed by atoms with Gasteiger partial charge in [-0.25, -0.2) is 4.79 Å². The summed E-state index contributed by atoms with van der Waals surface area (Å²) in [5.74, 6) is -1.03. The molecule has 4 heteroatoms. The minimum absolute atomic E-state index is 0.125. The summed E-state index contributed by atoms with van der Waals surface area (Å²) in [7, 11) is 0. The van der Waals surface area contributed by atoms with E-state index in [0.717, 1.165) is 12.2 Å². The maximum atomic E-state index is 10.8. The average molecular weight is 230 g/mol. The number of hydrogen-bond acceptors (Lipinski definition) is 3. The Morgan fingerprint density at radius 1 is 1.65 bits per heavy atom. The maximum absolute atomic E-state index is 10.8. The first-order valence-corrected chi connectivity index (χ1v) is 5.27. The summed E-state index contributed by atoms with van der Waals surface area (Å²) < 4.78 is 0. The van der Waals surface area contributed by atoms with Crippen molar-refractivity contribution in [3.8, 4) is 6.07 Å². The molecule has 0 saturated carbocycles. The largest absolute Gasteiger partial charge is 0.478 e. The van der Waals surface area contributed by atoms with Crippen LogP contribution >= 0.6 is 0 Å². The van der Waals surface area contributed by atoms with Crippen LogP contribution in [0.25, 0.3) is 0 Å². The van der Waals surface area contributed by atoms with Crippen LogP contribution in [0.2, 0.25) is 0 Å². The zero-order chi connectivity index (χ0) is 12.8. The average Bonchev–Trinajstić information content (AvgIpc) is 2.35. The molecule has 0 heterocycles. The predicted octanol–water partition coefficient (Wildman–Crippen LogP) is 2.27. The Balaban J connectivity index is 3.20. The molecule has 88 valence electrons. The van der Waals surface area contributed by atoms with Crippen LogP contribution in [-0.4, -0.2) is 24.2 Å². The van der Waals surface area contributed by atoms with Crippen molar-refractivity contribution < 1.29 is 9.90 Å². The summed E-state index contributed by atoms with van der Waals surface area (Å²) in [5, 5.41) is 17.9. The number of likely N-dealkylation sites (N-methyl/N-ethyl adjacent to an activating group) is 1. The van der Waals surface area contributed by atoms with Gasteiger partial charge in [0.2, 0.25) is 0 Å². The summed E-state index contributed by atoms with van der Waals surface area (Å²) in [5.41, 5.74) is 1.23. The Morgan fingerprint density at radius 2 is 2.35 bits per heavy atom. The van der Waals surface area contributed by atoms with E-state index >= 15 is 0 Å². The summed E-state index contributed by atoms with van der Waals surface area (Å²) in [6.45, 7) is 6.98. The first kappa shape index (κ1) is 12.8. The van der Waals surface area contributed by atoms with E-state index in [4.69, 9.17) is 10.4 Å². The van der Waals surface area contributed by atoms with Gasteiger partial charge in [0.05, 0.1) is 16.8 Å². The number of carboxylic acid groups (broad SMARTS) is 1. The lowest BCUT2D eigenvalue weighted by Gasteiger charge is -2.22. The van der Waals surface area contributed by atoms with E-state index in [-0.39, 0.29) is 5.56 Å². The Morgan fingerprint density at radius 3 is 2.82 bits per heavy atom. The number of rotatable bonds is 5. The monoisotopic (exact) mass is 230 g/mol. The lowest BCUT2D eigenvalue weighted by atomic mass is 10.1. The SMILES string of the molecule is C=CCN(CC)c1ccc(C(=O)O)cc1C#N. The van der Waals surface area contributed by atoms with E-state index < -0.39 is 5.97 Å². The summed E-state index contributed by atoms with van der Waals surface area (Å²) in [4.78, 5) is 12.8. The second-order valence-corrected chi connectivity index (χ2v) is 3.48. The summed E-state index contributed by atoms with van der Waals surface area (Å²) in [6.07, 6.45) is 1.75. The number of aromatic carboxylic acids is 1. The molecule has 1 rings (SSSR count). The molecule has 1 aromatic rings. The fourth-order valence-electron chi connectivity index (χ4n) is 1.59. The van der Waals surface area contributed by atoms with Gasteiger partial charge in [-0.2, -0.15) is 5.26 Å². The highest BCUT2D eigenvalue weighted by molar-refractivity contribution is 5.89. The second kappa shape index (κ2) is 5.71. The van der Waals surface area contributed by atoms with Crippen LogP contribution in [0.3, 0.4) is 0 Å². The third-order valence-electron chi connectivity index (χ3n) is 2.44. The van der Waals surface area contributed by atoms with Gasteiger partial charge in [-0.05, 0) is 25.1 Å². The molecule has 0 spiro atoms. The molecule has 0 saturated heterocycles. The van der Waals surface area contributed by atoms with Gasteiger partial charge in [-0.15, -0.1) is 6.58 Å². The van der Waals surface area contributed by atoms with E-state index in [1.54, 1.807) is 12.1 Å². The minimum atomic E-state index is -1.03. The number of carboxylic acids is 1. The van der Waals surface area contributed by atoms with Crippen molar-refractivity contribution in [3.05, 3.63) is 42.0 Å². The molecule has 0 aliphatic rings. The predicted molar refractivity (Wildman–Crippen MR) is 66.2 cm³/mol. The molecule has 0 aliphatic heterocycles. The van der Waals surface area contributed by atoms with E-state index in [9.17, 15) is 4.79 Å². The molecule has 0 aliphatic carbocycles. The lowest BCUT2D eigenvalue weighted by Crippen LogP contribution is -2.23. The number of nitriles is 1. The van der Waals surface area contributed by atoms with Crippen LogP contribution in [0.15, 0.2) is 30.9 Å². The Kier molecular flexibility index (Phi) is 4.29. The smallest absolute Gasteiger partial charge is 0.335 e. The second-order valence-electron chi connectivity index (χ2n) is 3.48. The molecule has 0 atom stereocenters. The fourth-order valence-corrected chi connectivity index (χ4v) is 1.59. The lowest BCUT2D eigenvalue weighted by molar-refractivity contribution is 0.0697. The number of carbonyl (C=O) groups is 1. The maximum Gasteiger partial charge on any atom is 0.335 e. The summed E-state index contributed by atoms with van der Waals surface area (Å²) in [6, 6.07) is 6.58. The number of nitrogens with zero attached hydrogens (tertiary/aromatic N) is 2. The molecular formula is C13H14N2O2. The van der Waals surface area contributed by atoms with Gasteiger partial charge >= 0.3 is 5.97 Å². The van der Waals surface area contributed by atoms with Crippen molar-refractivity contribution in [2.24, 2.45) is 0 Å². The molecule has 0 unspecified atom stereocenters. The first-order valence-electron chi connectivity index (χ1n) is 5.27. The summed E-state index contributed by atoms with van der Waals surface area (Å²) >= 11 is 0. The standard InChI is InChI=1S/C13H14N2O2/c1-3-7-15(4-2)12-6-5-10(13(16)17)8-11(12)9-14/h3,5-6,8H,1,4,7H2,2H3,(H,16,17). The molecule has 0 amide bonds. The van der Waals surface area contributed by atoms with Gasteiger partial charge in [0, 0.05) is 13.1 Å². The number of benzene rings is 1. The first-order chi connectivity index (χ1) is 8.13. The van der Waals surface area contributed by atoms with Crippen molar-refractivity contribution in [1.29, 1.82) is 5.26 Å². The molecule has 0 fully saturated rings. The molecule has 4 nitrogen and oxygen atoms in total. The minimum Gasteiger partial charge on any atom is -0.478 e. The number of hydrogen-bond donors (Lipinski definition) is 1. The Labute approximate surface area is 100 Å². The normalized spacial score (nSPS) is 9.41. The van der Waals surface area contributed by atoms with Gasteiger partial charge in [0.15, 0.2) is 0 Å². The van der Waals surface area contributed by atoms with Gasteiger partial charge in [0.25, 0.3) is 0 Å². The van der Waals surface area contributed by atoms with Crippen LogP contribution in [0, 0.1) is 11.3 Å². The Bertz CT molecular complexity index is 475. The topological polar surface area (TPSA) is 64.3 Å². The van der Waals surface area contributed by atoms with Gasteiger partial charge in [0.1, 0.15) is 6.07 Å². The van der Waals surface area contributed by atoms with Gasteiger partial charge in [-0.3, -0.25) is 0 Å². The van der Waals surface area contributed by atoms with E-state index in [1.807, 2.05) is 17.9 Å². The molecule has 0 aromatic heterocycles. The molecule has 1 aromatic carbocycles. The van der Waals surface area contributed by atoms with E-state index in [0.29, 0.717) is 12.1 Å². The van der Waals surface area contributed by atoms with Crippen molar-refractivity contribution in [2.75, 3.05) is 18.0 Å². The highest BCUT2D eigenvalue weighted by Gasteiger charge is 2.11. The highest BCUT2D eigenvalue weighted by atomic mass is 16.4. The third-order valence-corrected chi connectivity index (χ3v) is 2.44. The van der Waals surface area contributed by atoms with E-state index in [2.05, 4.69) is 6.58 Å². The van der Waals surface area contributed by atoms with Crippen molar-refractivity contribution >= 4 is 11.7 Å². The molecule has 0 bridgehead atoms. The van der Waals surface area contributed by atoms with Crippen LogP contribution in [0.4, 0.5) is 5.69 Å². The van der Waals surface area contributed by atoms with E-state index in [1.165, 1.54) is 12.1 Å². The van der Waals surface area contributed by atoms with Crippen molar-refractivity contribution in [1.82, 2.24) is 0 Å². The van der Waals surface area contributed by atoms with Crippen molar-refractivity contribution in [2.45, 2.75) is 6.92 Å². The zero-order valence-electron chi connectivity index (χ0n) is 9.68. The number of anilines is 1. The molecule has 17 heavy (non-hydrogen) atoms. The quantitative estimate of drug-likeness (QED) is 0.788. The third kappa shape index (κ3) is 2.85.